The molecule has 7 nitrogen and oxygen atoms in total. The molecule has 3 fully saturated rings. The Morgan fingerprint density at radius 3 is 2.33 bits per heavy atom. The maximum atomic E-state index is 13.8. The number of carbonyl (C=O) groups is 2. The van der Waals surface area contributed by atoms with Gasteiger partial charge in [0.25, 0.3) is 0 Å². The standard InChI is InChI=1S/C31H45N5O2.2ClH/c1-4-5-18-35-29(37)28(21-25-12-8-6-9-13-25)32-30(38)31(35)16-19-34(20-17-31)22-27-23(2)33-36(24(27)3)26-14-10-7-11-15-26;;/h7,10-11,14-15,25,28H,4-6,8-9,12-13,16-22H2,1-3H3,(H,32,38);2*1H/t28-;;/m1../s1. The molecule has 1 N–H and O–H groups in total. The molecule has 2 aromatic rings. The van der Waals surface area contributed by atoms with Crippen LogP contribution in [0.3, 0.4) is 0 Å². The number of aryl methyl sites for hydroxylation is 1. The van der Waals surface area contributed by atoms with Gasteiger partial charge in [0.2, 0.25) is 11.8 Å². The fraction of sp³-hybridized carbons (Fsp3) is 0.645. The number of rotatable bonds is 8. The molecule has 1 aromatic carbocycles. The van der Waals surface area contributed by atoms with E-state index in [0.717, 1.165) is 56.0 Å². The lowest BCUT2D eigenvalue weighted by Gasteiger charge is -2.52. The molecule has 222 valence electrons. The fourth-order valence-electron chi connectivity index (χ4n) is 6.96. The van der Waals surface area contributed by atoms with Gasteiger partial charge in [-0.15, -0.1) is 24.8 Å². The molecule has 9 heteroatoms. The molecule has 1 atom stereocenters. The lowest BCUT2D eigenvalue weighted by molar-refractivity contribution is -0.162. The van der Waals surface area contributed by atoms with E-state index in [2.05, 4.69) is 43.1 Å². The monoisotopic (exact) mass is 591 g/mol. The summed E-state index contributed by atoms with van der Waals surface area (Å²) in [5.41, 5.74) is 3.83. The first-order valence-corrected chi connectivity index (χ1v) is 14.9. The van der Waals surface area contributed by atoms with Crippen molar-refractivity contribution >= 4 is 36.6 Å². The number of carbonyl (C=O) groups excluding carboxylic acids is 2. The number of halogens is 2. The van der Waals surface area contributed by atoms with E-state index >= 15 is 0 Å². The molecule has 1 aliphatic carbocycles. The Balaban J connectivity index is 0.00000220. The number of nitrogens with zero attached hydrogens (tertiary/aromatic N) is 4. The molecule has 2 saturated heterocycles. The van der Waals surface area contributed by atoms with E-state index in [0.29, 0.717) is 25.3 Å². The molecule has 5 rings (SSSR count). The summed E-state index contributed by atoms with van der Waals surface area (Å²) in [6, 6.07) is 9.91. The third-order valence-corrected chi connectivity index (χ3v) is 9.34. The first-order valence-electron chi connectivity index (χ1n) is 14.9. The van der Waals surface area contributed by atoms with Gasteiger partial charge in [0, 0.05) is 37.4 Å². The van der Waals surface area contributed by atoms with Crippen molar-refractivity contribution in [3.63, 3.8) is 0 Å². The van der Waals surface area contributed by atoms with Gasteiger partial charge in [-0.05, 0) is 57.6 Å². The van der Waals surface area contributed by atoms with Gasteiger partial charge in [0.05, 0.1) is 11.4 Å². The topological polar surface area (TPSA) is 70.5 Å². The van der Waals surface area contributed by atoms with Crippen LogP contribution in [0.1, 0.15) is 88.1 Å². The fourth-order valence-corrected chi connectivity index (χ4v) is 6.96. The second-order valence-electron chi connectivity index (χ2n) is 11.8. The summed E-state index contributed by atoms with van der Waals surface area (Å²) in [5, 5.41) is 8.05. The maximum Gasteiger partial charge on any atom is 0.246 e. The Morgan fingerprint density at radius 1 is 1.00 bits per heavy atom. The van der Waals surface area contributed by atoms with Crippen LogP contribution in [0.4, 0.5) is 0 Å². The SMILES string of the molecule is CCCCN1C(=O)[C@@H](CC2CCCCC2)NC(=O)C12CCN(Cc1c(C)nn(-c3ccccc3)c1C)CC2.Cl.Cl. The van der Waals surface area contributed by atoms with Crippen molar-refractivity contribution < 1.29 is 9.59 Å². The van der Waals surface area contributed by atoms with E-state index < -0.39 is 5.54 Å². The molecule has 2 amide bonds. The lowest BCUT2D eigenvalue weighted by atomic mass is 9.79. The number of benzene rings is 1. The average Bonchev–Trinajstić information content (AvgIpc) is 3.22. The van der Waals surface area contributed by atoms with Crippen LogP contribution in [0.25, 0.3) is 5.69 Å². The molecule has 3 heterocycles. The van der Waals surface area contributed by atoms with E-state index in [4.69, 9.17) is 5.10 Å². The Labute approximate surface area is 252 Å². The number of para-hydroxylation sites is 1. The van der Waals surface area contributed by atoms with Crippen molar-refractivity contribution in [1.29, 1.82) is 0 Å². The van der Waals surface area contributed by atoms with Crippen LogP contribution < -0.4 is 5.32 Å². The van der Waals surface area contributed by atoms with Crippen LogP contribution in [-0.4, -0.2) is 62.6 Å². The third-order valence-electron chi connectivity index (χ3n) is 9.34. The first kappa shape index (κ1) is 32.4. The van der Waals surface area contributed by atoms with Gasteiger partial charge in [-0.3, -0.25) is 14.5 Å². The van der Waals surface area contributed by atoms with Gasteiger partial charge in [-0.25, -0.2) is 4.68 Å². The zero-order chi connectivity index (χ0) is 26.7. The highest BCUT2D eigenvalue weighted by Crippen LogP contribution is 2.36. The summed E-state index contributed by atoms with van der Waals surface area (Å²) in [6.45, 7) is 9.47. The van der Waals surface area contributed by atoms with Crippen molar-refractivity contribution in [3.05, 3.63) is 47.3 Å². The summed E-state index contributed by atoms with van der Waals surface area (Å²) >= 11 is 0. The van der Waals surface area contributed by atoms with Crippen LogP contribution in [0.5, 0.6) is 0 Å². The van der Waals surface area contributed by atoms with Crippen LogP contribution in [0.2, 0.25) is 0 Å². The van der Waals surface area contributed by atoms with E-state index in [-0.39, 0.29) is 42.7 Å². The number of amides is 2. The summed E-state index contributed by atoms with van der Waals surface area (Å²) in [5.74, 6) is 0.802. The van der Waals surface area contributed by atoms with Gasteiger partial charge >= 0.3 is 0 Å². The van der Waals surface area contributed by atoms with Crippen LogP contribution in [0, 0.1) is 19.8 Å². The smallest absolute Gasteiger partial charge is 0.246 e. The molecule has 0 bridgehead atoms. The van der Waals surface area contributed by atoms with Crippen molar-refractivity contribution in [2.24, 2.45) is 5.92 Å². The molecule has 1 saturated carbocycles. The number of aromatic nitrogens is 2. The van der Waals surface area contributed by atoms with Gasteiger partial charge in [0.1, 0.15) is 11.6 Å². The minimum absolute atomic E-state index is 0. The van der Waals surface area contributed by atoms with Gasteiger partial charge in [0.15, 0.2) is 0 Å². The maximum absolute atomic E-state index is 13.8. The Bertz CT molecular complexity index is 1120. The normalized spacial score (nSPS) is 21.6. The molecular weight excluding hydrogens is 545 g/mol. The number of hydrogen-bond acceptors (Lipinski definition) is 4. The number of nitrogens with one attached hydrogen (secondary N) is 1. The van der Waals surface area contributed by atoms with Crippen LogP contribution >= 0.6 is 24.8 Å². The summed E-state index contributed by atoms with van der Waals surface area (Å²) < 4.78 is 2.03. The van der Waals surface area contributed by atoms with Gasteiger partial charge < -0.3 is 10.2 Å². The molecule has 40 heavy (non-hydrogen) atoms. The minimum Gasteiger partial charge on any atom is -0.342 e. The number of likely N-dealkylation sites (tertiary alicyclic amines) is 1. The van der Waals surface area contributed by atoms with E-state index in [1.807, 2.05) is 27.8 Å². The summed E-state index contributed by atoms with van der Waals surface area (Å²) in [6.07, 6.45) is 10.3. The van der Waals surface area contributed by atoms with Crippen molar-refractivity contribution in [3.8, 4) is 5.69 Å². The Morgan fingerprint density at radius 2 is 1.68 bits per heavy atom. The molecule has 1 aromatic heterocycles. The predicted molar refractivity (Wildman–Crippen MR) is 165 cm³/mol. The van der Waals surface area contributed by atoms with E-state index in [1.165, 1.54) is 37.7 Å². The molecular formula is C31H47Cl2N5O2. The number of piperidine rings is 1. The van der Waals surface area contributed by atoms with Gasteiger partial charge in [-0.2, -0.15) is 5.10 Å². The van der Waals surface area contributed by atoms with Gasteiger partial charge in [-0.1, -0.05) is 63.6 Å². The second-order valence-corrected chi connectivity index (χ2v) is 11.8. The Kier molecular flexibility index (Phi) is 11.5. The van der Waals surface area contributed by atoms with Crippen LogP contribution in [-0.2, 0) is 16.1 Å². The minimum atomic E-state index is -0.704. The molecule has 3 aliphatic rings. The number of unbranched alkanes of at least 4 members (excludes halogenated alkanes) is 1. The van der Waals surface area contributed by atoms with Crippen LogP contribution in [0.15, 0.2) is 30.3 Å². The summed E-state index contributed by atoms with van der Waals surface area (Å²) in [7, 11) is 0. The van der Waals surface area contributed by atoms with Crippen molar-refractivity contribution in [1.82, 2.24) is 24.9 Å². The third kappa shape index (κ3) is 6.52. The summed E-state index contributed by atoms with van der Waals surface area (Å²) in [4.78, 5) is 32.0. The predicted octanol–water partition coefficient (Wildman–Crippen LogP) is 5.76. The van der Waals surface area contributed by atoms with E-state index in [9.17, 15) is 9.59 Å². The highest BCUT2D eigenvalue weighted by Gasteiger charge is 2.53. The van der Waals surface area contributed by atoms with Crippen molar-refractivity contribution in [2.45, 2.75) is 103 Å². The second kappa shape index (κ2) is 14.2. The zero-order valence-electron chi connectivity index (χ0n) is 24.4. The molecule has 2 aliphatic heterocycles. The average molecular weight is 593 g/mol. The largest absolute Gasteiger partial charge is 0.342 e. The zero-order valence-corrected chi connectivity index (χ0v) is 26.0. The number of hydrogen-bond donors (Lipinski definition) is 1. The molecule has 1 spiro atoms. The quantitative estimate of drug-likeness (QED) is 0.423. The highest BCUT2D eigenvalue weighted by molar-refractivity contribution is 6.00. The highest BCUT2D eigenvalue weighted by atomic mass is 35.5. The van der Waals surface area contributed by atoms with Crippen molar-refractivity contribution in [2.75, 3.05) is 19.6 Å². The Hall–Kier alpha value is -2.09. The molecule has 0 radical (unpaired) electrons. The molecule has 0 unspecified atom stereocenters. The first-order chi connectivity index (χ1) is 18.4. The van der Waals surface area contributed by atoms with E-state index in [1.54, 1.807) is 0 Å². The number of piperazine rings is 1. The lowest BCUT2D eigenvalue weighted by Crippen LogP contribution is -2.73.